The molecule has 1 aromatic heterocycles. The lowest BCUT2D eigenvalue weighted by Crippen LogP contribution is -2.06. The average Bonchev–Trinajstić information content (AvgIpc) is 3.21. The molecule has 14 heteroatoms. The smallest absolute Gasteiger partial charge is 0.293 e. The lowest BCUT2D eigenvalue weighted by molar-refractivity contribution is -0.384. The molecule has 0 amide bonds. The van der Waals surface area contributed by atoms with Gasteiger partial charge in [0, 0.05) is 36.4 Å². The number of anilines is 1. The highest BCUT2D eigenvalue weighted by molar-refractivity contribution is 7.99. The van der Waals surface area contributed by atoms with E-state index in [0.717, 1.165) is 18.6 Å². The molecule has 3 rings (SSSR count). The summed E-state index contributed by atoms with van der Waals surface area (Å²) in [6, 6.07) is 9.84. The van der Waals surface area contributed by atoms with Gasteiger partial charge in [-0.1, -0.05) is 11.8 Å². The Kier molecular flexibility index (Phi) is 7.39. The van der Waals surface area contributed by atoms with Crippen molar-refractivity contribution in [1.82, 2.24) is 10.2 Å². The van der Waals surface area contributed by atoms with Gasteiger partial charge in [-0.3, -0.25) is 10.1 Å². The zero-order chi connectivity index (χ0) is 24.2. The van der Waals surface area contributed by atoms with E-state index in [1.54, 1.807) is 12.1 Å². The molecule has 0 atom stereocenters. The van der Waals surface area contributed by atoms with E-state index in [2.05, 4.69) is 15.5 Å². The molecule has 1 N–H and O–H groups in total. The molecule has 0 saturated heterocycles. The molecule has 2 aromatic carbocycles. The van der Waals surface area contributed by atoms with Gasteiger partial charge in [0.05, 0.1) is 14.7 Å². The van der Waals surface area contributed by atoms with Crippen LogP contribution in [0.25, 0.3) is 11.5 Å². The summed E-state index contributed by atoms with van der Waals surface area (Å²) in [5, 5.41) is 22.5. The molecule has 33 heavy (non-hydrogen) atoms. The molecular weight excluding hydrogens is 492 g/mol. The Bertz CT molecular complexity index is 1370. The van der Waals surface area contributed by atoms with E-state index < -0.39 is 24.6 Å². The van der Waals surface area contributed by atoms with Crippen LogP contribution in [0, 0.1) is 10.1 Å². The summed E-state index contributed by atoms with van der Waals surface area (Å²) in [5.74, 6) is 0.842. The number of rotatable bonds is 10. The quantitative estimate of drug-likeness (QED) is 0.184. The summed E-state index contributed by atoms with van der Waals surface area (Å²) in [5.41, 5.74) is 0.511. The highest BCUT2D eigenvalue weighted by atomic mass is 32.2. The van der Waals surface area contributed by atoms with Gasteiger partial charge >= 0.3 is 0 Å². The Morgan fingerprint density at radius 3 is 2.24 bits per heavy atom. The summed E-state index contributed by atoms with van der Waals surface area (Å²) in [7, 11) is -6.84. The lowest BCUT2D eigenvalue weighted by atomic mass is 10.2. The molecule has 0 bridgehead atoms. The van der Waals surface area contributed by atoms with Crippen LogP contribution in [0.5, 0.6) is 0 Å². The second kappa shape index (κ2) is 9.89. The summed E-state index contributed by atoms with van der Waals surface area (Å²) < 4.78 is 51.9. The van der Waals surface area contributed by atoms with E-state index in [9.17, 15) is 26.9 Å². The van der Waals surface area contributed by atoms with Crippen molar-refractivity contribution in [2.24, 2.45) is 0 Å². The fraction of sp³-hybridized carbons (Fsp3) is 0.263. The number of hydrogen-bond acceptors (Lipinski definition) is 11. The van der Waals surface area contributed by atoms with Gasteiger partial charge in [0.1, 0.15) is 5.69 Å². The third-order valence-corrected chi connectivity index (χ3v) is 7.54. The molecule has 0 unspecified atom stereocenters. The van der Waals surface area contributed by atoms with Crippen LogP contribution in [0.15, 0.2) is 61.9 Å². The first kappa shape index (κ1) is 24.7. The Morgan fingerprint density at radius 1 is 1.00 bits per heavy atom. The molecule has 3 aromatic rings. The SMILES string of the molecule is CS(=O)(=O)c1ccc(-c2nnc(SCCCNc3ccc(S(C)(=O)=O)cc3[N+](=O)[O-])o2)cc1. The molecular formula is C19H20N4O7S3. The van der Waals surface area contributed by atoms with Crippen molar-refractivity contribution >= 4 is 42.8 Å². The lowest BCUT2D eigenvalue weighted by Gasteiger charge is -2.08. The highest BCUT2D eigenvalue weighted by Crippen LogP contribution is 2.28. The first-order chi connectivity index (χ1) is 15.4. The Labute approximate surface area is 194 Å². The Morgan fingerprint density at radius 2 is 1.64 bits per heavy atom. The number of hydrogen-bond donors (Lipinski definition) is 1. The summed E-state index contributed by atoms with van der Waals surface area (Å²) in [6.07, 6.45) is 2.72. The number of benzene rings is 2. The highest BCUT2D eigenvalue weighted by Gasteiger charge is 2.18. The first-order valence-corrected chi connectivity index (χ1v) is 14.2. The van der Waals surface area contributed by atoms with Crippen LogP contribution >= 0.6 is 11.8 Å². The van der Waals surface area contributed by atoms with Crippen LogP contribution < -0.4 is 5.32 Å². The predicted octanol–water partition coefficient (Wildman–Crippen LogP) is 3.05. The van der Waals surface area contributed by atoms with Crippen molar-refractivity contribution in [2.45, 2.75) is 21.4 Å². The first-order valence-electron chi connectivity index (χ1n) is 9.44. The third-order valence-electron chi connectivity index (χ3n) is 4.39. The van der Waals surface area contributed by atoms with Crippen LogP contribution in [0.1, 0.15) is 6.42 Å². The maximum absolute atomic E-state index is 11.6. The minimum atomic E-state index is -3.55. The van der Waals surface area contributed by atoms with Crippen molar-refractivity contribution in [1.29, 1.82) is 0 Å². The standard InChI is InChI=1S/C19H20N4O7S3/c1-32(26,27)14-6-4-13(5-7-14)18-21-22-19(30-18)31-11-3-10-20-16-9-8-15(33(2,28)29)12-17(16)23(24)25/h4-9,12,20H,3,10-11H2,1-2H3. The fourth-order valence-electron chi connectivity index (χ4n) is 2.73. The van der Waals surface area contributed by atoms with Crippen LogP contribution in [0.3, 0.4) is 0 Å². The molecule has 176 valence electrons. The molecule has 0 radical (unpaired) electrons. The van der Waals surface area contributed by atoms with E-state index >= 15 is 0 Å². The molecule has 0 spiro atoms. The van der Waals surface area contributed by atoms with Crippen molar-refractivity contribution in [3.05, 3.63) is 52.6 Å². The normalized spacial score (nSPS) is 11.9. The van der Waals surface area contributed by atoms with E-state index in [1.807, 2.05) is 0 Å². The van der Waals surface area contributed by atoms with Gasteiger partial charge in [-0.2, -0.15) is 0 Å². The van der Waals surface area contributed by atoms with Crippen LogP contribution in [-0.2, 0) is 19.7 Å². The maximum Gasteiger partial charge on any atom is 0.293 e. The predicted molar refractivity (Wildman–Crippen MR) is 123 cm³/mol. The van der Waals surface area contributed by atoms with E-state index in [4.69, 9.17) is 4.42 Å². The molecule has 0 aliphatic rings. The summed E-state index contributed by atoms with van der Waals surface area (Å²) >= 11 is 1.31. The summed E-state index contributed by atoms with van der Waals surface area (Å²) in [4.78, 5) is 10.7. The van der Waals surface area contributed by atoms with Crippen LogP contribution in [-0.4, -0.2) is 56.8 Å². The van der Waals surface area contributed by atoms with Gasteiger partial charge in [-0.25, -0.2) is 16.8 Å². The maximum atomic E-state index is 11.6. The molecule has 11 nitrogen and oxygen atoms in total. The number of sulfone groups is 2. The largest absolute Gasteiger partial charge is 0.411 e. The number of nitrogens with zero attached hydrogens (tertiary/aromatic N) is 3. The minimum Gasteiger partial charge on any atom is -0.411 e. The summed E-state index contributed by atoms with van der Waals surface area (Å²) in [6.45, 7) is 0.403. The van der Waals surface area contributed by atoms with Crippen molar-refractivity contribution in [3.8, 4) is 11.5 Å². The van der Waals surface area contributed by atoms with Gasteiger partial charge in [0.15, 0.2) is 19.7 Å². The number of nitrogens with one attached hydrogen (secondary N) is 1. The Balaban J connectivity index is 1.53. The van der Waals surface area contributed by atoms with Gasteiger partial charge in [0.2, 0.25) is 5.89 Å². The second-order valence-corrected chi connectivity index (χ2v) is 12.1. The van der Waals surface area contributed by atoms with E-state index in [1.165, 1.54) is 36.0 Å². The zero-order valence-electron chi connectivity index (χ0n) is 17.6. The number of nitro benzene ring substituents is 1. The van der Waals surface area contributed by atoms with Crippen molar-refractivity contribution < 1.29 is 26.2 Å². The van der Waals surface area contributed by atoms with Crippen LogP contribution in [0.2, 0.25) is 0 Å². The molecule has 1 heterocycles. The zero-order valence-corrected chi connectivity index (χ0v) is 20.0. The van der Waals surface area contributed by atoms with E-state index in [-0.39, 0.29) is 27.1 Å². The molecule has 0 aliphatic heterocycles. The average molecular weight is 513 g/mol. The third kappa shape index (κ3) is 6.52. The molecule has 0 aliphatic carbocycles. The van der Waals surface area contributed by atoms with Gasteiger partial charge < -0.3 is 9.73 Å². The topological polar surface area (TPSA) is 162 Å². The van der Waals surface area contributed by atoms with Gasteiger partial charge in [0.25, 0.3) is 10.9 Å². The fourth-order valence-corrected chi connectivity index (χ4v) is 4.70. The number of aromatic nitrogens is 2. The van der Waals surface area contributed by atoms with Crippen LogP contribution in [0.4, 0.5) is 11.4 Å². The van der Waals surface area contributed by atoms with Crippen molar-refractivity contribution in [3.63, 3.8) is 0 Å². The minimum absolute atomic E-state index is 0.117. The Hall–Kier alpha value is -2.97. The van der Waals surface area contributed by atoms with Crippen molar-refractivity contribution in [2.75, 3.05) is 30.1 Å². The molecule has 0 fully saturated rings. The molecule has 0 saturated carbocycles. The number of thioether (sulfide) groups is 1. The van der Waals surface area contributed by atoms with E-state index in [0.29, 0.717) is 29.5 Å². The number of nitro groups is 1. The second-order valence-electron chi connectivity index (χ2n) is 7.01. The monoisotopic (exact) mass is 512 g/mol. The van der Waals surface area contributed by atoms with Gasteiger partial charge in [-0.05, 0) is 42.8 Å². The van der Waals surface area contributed by atoms with Gasteiger partial charge in [-0.15, -0.1) is 10.2 Å².